The van der Waals surface area contributed by atoms with Gasteiger partial charge in [-0.2, -0.15) is 0 Å². The Labute approximate surface area is 185 Å². The third-order valence-electron chi connectivity index (χ3n) is 7.26. The number of halogens is 1. The van der Waals surface area contributed by atoms with Crippen molar-refractivity contribution in [1.29, 1.82) is 0 Å². The van der Waals surface area contributed by atoms with Crippen LogP contribution in [0.5, 0.6) is 0 Å². The predicted molar refractivity (Wildman–Crippen MR) is 118 cm³/mol. The van der Waals surface area contributed by atoms with Crippen molar-refractivity contribution in [3.63, 3.8) is 0 Å². The maximum absolute atomic E-state index is 13.0. The molecule has 0 radical (unpaired) electrons. The zero-order chi connectivity index (χ0) is 21.5. The highest BCUT2D eigenvalue weighted by Crippen LogP contribution is 2.64. The third-order valence-corrected chi connectivity index (χ3v) is 7.70. The van der Waals surface area contributed by atoms with E-state index in [1.165, 1.54) is 12.0 Å². The maximum atomic E-state index is 13.0. The first-order chi connectivity index (χ1) is 14.2. The van der Waals surface area contributed by atoms with Crippen LogP contribution in [-0.2, 0) is 20.7 Å². The van der Waals surface area contributed by atoms with E-state index in [4.69, 9.17) is 16.3 Å². The lowest BCUT2D eigenvalue weighted by molar-refractivity contribution is -0.171. The van der Waals surface area contributed by atoms with E-state index in [0.717, 1.165) is 37.7 Å². The van der Waals surface area contributed by atoms with E-state index in [-0.39, 0.29) is 29.4 Å². The fourth-order valence-electron chi connectivity index (χ4n) is 6.45. The SMILES string of the molecule is CC(C)Cc1ccc([C@@H](C)NC(=O)COC(=O)C23C[C@@H]4C[C@@H](CC(Cl)(C4)C2)C3)cc1. The van der Waals surface area contributed by atoms with Crippen molar-refractivity contribution in [2.45, 2.75) is 76.6 Å². The van der Waals surface area contributed by atoms with Gasteiger partial charge in [-0.1, -0.05) is 38.1 Å². The zero-order valence-electron chi connectivity index (χ0n) is 18.4. The van der Waals surface area contributed by atoms with Crippen molar-refractivity contribution < 1.29 is 14.3 Å². The van der Waals surface area contributed by atoms with E-state index in [1.54, 1.807) is 0 Å². The Morgan fingerprint density at radius 2 is 1.73 bits per heavy atom. The number of esters is 1. The van der Waals surface area contributed by atoms with Gasteiger partial charge in [0.15, 0.2) is 6.61 Å². The van der Waals surface area contributed by atoms with E-state index >= 15 is 0 Å². The van der Waals surface area contributed by atoms with Gasteiger partial charge in [-0.15, -0.1) is 11.6 Å². The van der Waals surface area contributed by atoms with Crippen molar-refractivity contribution in [3.8, 4) is 0 Å². The van der Waals surface area contributed by atoms with Gasteiger partial charge in [0.25, 0.3) is 5.91 Å². The number of carbonyl (C=O) groups excluding carboxylic acids is 2. The van der Waals surface area contributed by atoms with Crippen LogP contribution in [-0.4, -0.2) is 23.4 Å². The summed E-state index contributed by atoms with van der Waals surface area (Å²) in [6.07, 6.45) is 6.73. The van der Waals surface area contributed by atoms with Crippen LogP contribution in [0.2, 0.25) is 0 Å². The molecule has 4 bridgehead atoms. The summed E-state index contributed by atoms with van der Waals surface area (Å²) in [5.41, 5.74) is 1.88. The molecule has 1 N–H and O–H groups in total. The topological polar surface area (TPSA) is 55.4 Å². The van der Waals surface area contributed by atoms with E-state index in [9.17, 15) is 9.59 Å². The summed E-state index contributed by atoms with van der Waals surface area (Å²) in [5, 5.41) is 2.95. The molecule has 4 fully saturated rings. The van der Waals surface area contributed by atoms with Gasteiger partial charge in [0.1, 0.15) is 0 Å². The molecule has 30 heavy (non-hydrogen) atoms. The second-order valence-electron chi connectivity index (χ2n) is 10.6. The van der Waals surface area contributed by atoms with Crippen molar-refractivity contribution >= 4 is 23.5 Å². The summed E-state index contributed by atoms with van der Waals surface area (Å²) in [6, 6.07) is 8.23. The van der Waals surface area contributed by atoms with Crippen LogP contribution in [0, 0.1) is 23.2 Å². The summed E-state index contributed by atoms with van der Waals surface area (Å²) in [4.78, 5) is 25.1. The third kappa shape index (κ3) is 4.54. The van der Waals surface area contributed by atoms with Gasteiger partial charge < -0.3 is 10.1 Å². The number of hydrogen-bond donors (Lipinski definition) is 1. The molecular weight excluding hydrogens is 398 g/mol. The van der Waals surface area contributed by atoms with Gasteiger partial charge >= 0.3 is 5.97 Å². The number of benzene rings is 1. The Morgan fingerprint density at radius 1 is 1.10 bits per heavy atom. The van der Waals surface area contributed by atoms with Gasteiger partial charge in [0.2, 0.25) is 0 Å². The van der Waals surface area contributed by atoms with Crippen LogP contribution in [0.4, 0.5) is 0 Å². The van der Waals surface area contributed by atoms with E-state index in [2.05, 4.69) is 43.4 Å². The van der Waals surface area contributed by atoms with Crippen LogP contribution in [0.1, 0.15) is 76.5 Å². The molecule has 5 heteroatoms. The highest BCUT2D eigenvalue weighted by atomic mass is 35.5. The molecule has 2 unspecified atom stereocenters. The Kier molecular flexibility index (Phi) is 5.91. The van der Waals surface area contributed by atoms with Crippen molar-refractivity contribution in [2.24, 2.45) is 23.2 Å². The average molecular weight is 432 g/mol. The summed E-state index contributed by atoms with van der Waals surface area (Å²) in [7, 11) is 0. The lowest BCUT2D eigenvalue weighted by Crippen LogP contribution is -2.56. The minimum atomic E-state index is -0.468. The molecule has 4 saturated carbocycles. The maximum Gasteiger partial charge on any atom is 0.312 e. The van der Waals surface area contributed by atoms with E-state index in [1.807, 2.05) is 6.92 Å². The van der Waals surface area contributed by atoms with Crippen molar-refractivity contribution in [3.05, 3.63) is 35.4 Å². The zero-order valence-corrected chi connectivity index (χ0v) is 19.1. The first-order valence-corrected chi connectivity index (χ1v) is 11.8. The summed E-state index contributed by atoms with van der Waals surface area (Å²) >= 11 is 6.82. The van der Waals surface area contributed by atoms with Crippen LogP contribution in [0.25, 0.3) is 0 Å². The number of nitrogens with one attached hydrogen (secondary N) is 1. The molecule has 0 spiro atoms. The molecule has 0 aromatic heterocycles. The van der Waals surface area contributed by atoms with Gasteiger partial charge in [-0.25, -0.2) is 0 Å². The lowest BCUT2D eigenvalue weighted by Gasteiger charge is -2.58. The molecule has 1 amide bonds. The molecule has 1 aromatic rings. The first kappa shape index (κ1) is 21.7. The molecule has 5 atom stereocenters. The molecule has 5 rings (SSSR count). The molecule has 0 heterocycles. The molecule has 0 saturated heterocycles. The number of carbonyl (C=O) groups is 2. The van der Waals surface area contributed by atoms with Crippen LogP contribution >= 0.6 is 11.6 Å². The molecule has 4 nitrogen and oxygen atoms in total. The Bertz CT molecular complexity index is 789. The van der Waals surface area contributed by atoms with Crippen LogP contribution in [0.15, 0.2) is 24.3 Å². The van der Waals surface area contributed by atoms with E-state index < -0.39 is 5.41 Å². The highest BCUT2D eigenvalue weighted by molar-refractivity contribution is 6.24. The monoisotopic (exact) mass is 431 g/mol. The molecule has 164 valence electrons. The molecule has 4 aliphatic rings. The molecule has 0 aliphatic heterocycles. The molecule has 4 aliphatic carbocycles. The predicted octanol–water partition coefficient (Wildman–Crippen LogP) is 5.18. The lowest BCUT2D eigenvalue weighted by atomic mass is 9.49. The summed E-state index contributed by atoms with van der Waals surface area (Å²) in [6.45, 7) is 6.14. The number of amides is 1. The molecule has 1 aromatic carbocycles. The Balaban J connectivity index is 1.29. The Morgan fingerprint density at radius 3 is 2.30 bits per heavy atom. The minimum absolute atomic E-state index is 0.130. The second-order valence-corrected chi connectivity index (χ2v) is 11.4. The smallest absolute Gasteiger partial charge is 0.312 e. The number of hydrogen-bond acceptors (Lipinski definition) is 3. The second kappa shape index (κ2) is 8.18. The highest BCUT2D eigenvalue weighted by Gasteiger charge is 2.60. The van der Waals surface area contributed by atoms with Crippen molar-refractivity contribution in [1.82, 2.24) is 5.32 Å². The van der Waals surface area contributed by atoms with Gasteiger partial charge in [0, 0.05) is 4.87 Å². The summed E-state index contributed by atoms with van der Waals surface area (Å²) < 4.78 is 5.52. The quantitative estimate of drug-likeness (QED) is 0.477. The van der Waals surface area contributed by atoms with Gasteiger partial charge in [0.05, 0.1) is 11.5 Å². The Hall–Kier alpha value is -1.55. The van der Waals surface area contributed by atoms with E-state index in [0.29, 0.717) is 24.2 Å². The fourth-order valence-corrected chi connectivity index (χ4v) is 7.15. The normalized spacial score (nSPS) is 32.8. The van der Waals surface area contributed by atoms with Crippen molar-refractivity contribution in [2.75, 3.05) is 6.61 Å². The average Bonchev–Trinajstić information content (AvgIpc) is 2.64. The number of alkyl halides is 1. The minimum Gasteiger partial charge on any atom is -0.455 e. The van der Waals surface area contributed by atoms with Crippen LogP contribution < -0.4 is 5.32 Å². The van der Waals surface area contributed by atoms with Crippen LogP contribution in [0.3, 0.4) is 0 Å². The number of rotatable bonds is 7. The molecular formula is C25H34ClNO3. The largest absolute Gasteiger partial charge is 0.455 e. The fraction of sp³-hybridized carbons (Fsp3) is 0.680. The summed E-state index contributed by atoms with van der Waals surface area (Å²) in [5.74, 6) is 1.20. The van der Waals surface area contributed by atoms with Gasteiger partial charge in [-0.3, -0.25) is 9.59 Å². The number of ether oxygens (including phenoxy) is 1. The standard InChI is InChI=1S/C25H34ClNO3/c1-16(2)8-18-4-6-21(7-5-18)17(3)27-22(28)14-30-23(29)24-10-19-9-20(11-24)13-25(26,12-19)15-24/h4-7,16-17,19-20H,8-15H2,1-3H3,(H,27,28)/t17-,19-,20+,24?,25?/m1/s1. The first-order valence-electron chi connectivity index (χ1n) is 11.4. The van der Waals surface area contributed by atoms with Gasteiger partial charge in [-0.05, 0) is 80.8 Å².